The minimum Gasteiger partial charge on any atom is -0.481 e. The Morgan fingerprint density at radius 3 is 2.94 bits per heavy atom. The molecule has 0 aliphatic heterocycles. The molecule has 0 unspecified atom stereocenters. The van der Waals surface area contributed by atoms with Gasteiger partial charge in [0, 0.05) is 24.7 Å². The van der Waals surface area contributed by atoms with Gasteiger partial charge in [-0.2, -0.15) is 0 Å². The van der Waals surface area contributed by atoms with Gasteiger partial charge in [0.25, 0.3) is 0 Å². The van der Waals surface area contributed by atoms with Gasteiger partial charge in [-0.05, 0) is 19.3 Å². The highest BCUT2D eigenvalue weighted by Crippen LogP contribution is 2.06. The number of aryl methyl sites for hydroxylation is 1. The smallest absolute Gasteiger partial charge is 0.303 e. The molecule has 0 saturated heterocycles. The minimum absolute atomic E-state index is 0.229. The summed E-state index contributed by atoms with van der Waals surface area (Å²) in [5, 5.41) is 11.7. The molecule has 5 heteroatoms. The number of carboxylic acid groups (broad SMARTS) is 1. The van der Waals surface area contributed by atoms with Gasteiger partial charge in [0.15, 0.2) is 0 Å². The van der Waals surface area contributed by atoms with Gasteiger partial charge in [0.05, 0.1) is 0 Å². The lowest BCUT2D eigenvalue weighted by Crippen LogP contribution is -2.05. The maximum absolute atomic E-state index is 10.3. The van der Waals surface area contributed by atoms with Crippen molar-refractivity contribution in [3.05, 3.63) is 18.1 Å². The van der Waals surface area contributed by atoms with E-state index in [0.717, 1.165) is 37.3 Å². The molecule has 0 fully saturated rings. The molecule has 0 radical (unpaired) electrons. The van der Waals surface area contributed by atoms with Gasteiger partial charge in [-0.1, -0.05) is 13.3 Å². The molecular weight excluding hydrogens is 218 g/mol. The SMILES string of the molecule is CCCc1cc(NCCCCC(=O)O)ncn1. The highest BCUT2D eigenvalue weighted by molar-refractivity contribution is 5.66. The molecule has 0 aliphatic rings. The van der Waals surface area contributed by atoms with Crippen molar-refractivity contribution in [2.75, 3.05) is 11.9 Å². The molecule has 1 rings (SSSR count). The fourth-order valence-electron chi connectivity index (χ4n) is 1.50. The lowest BCUT2D eigenvalue weighted by molar-refractivity contribution is -0.137. The summed E-state index contributed by atoms with van der Waals surface area (Å²) in [5.74, 6) is 0.0797. The van der Waals surface area contributed by atoms with Crippen LogP contribution in [0, 0.1) is 0 Å². The number of hydrogen-bond donors (Lipinski definition) is 2. The monoisotopic (exact) mass is 237 g/mol. The van der Waals surface area contributed by atoms with Gasteiger partial charge >= 0.3 is 5.97 Å². The van der Waals surface area contributed by atoms with E-state index in [0.29, 0.717) is 6.42 Å². The first-order chi connectivity index (χ1) is 8.22. The average molecular weight is 237 g/mol. The summed E-state index contributed by atoms with van der Waals surface area (Å²) in [4.78, 5) is 18.6. The Balaban J connectivity index is 2.26. The fourth-order valence-corrected chi connectivity index (χ4v) is 1.50. The Kier molecular flexibility index (Phi) is 5.99. The Bertz CT molecular complexity index is 355. The van der Waals surface area contributed by atoms with E-state index in [9.17, 15) is 4.79 Å². The van der Waals surface area contributed by atoms with E-state index in [4.69, 9.17) is 5.11 Å². The zero-order chi connectivity index (χ0) is 12.5. The third-order valence-electron chi connectivity index (χ3n) is 2.35. The summed E-state index contributed by atoms with van der Waals surface area (Å²) in [6.45, 7) is 2.86. The van der Waals surface area contributed by atoms with Crippen LogP contribution >= 0.6 is 0 Å². The van der Waals surface area contributed by atoms with Crippen molar-refractivity contribution >= 4 is 11.8 Å². The van der Waals surface area contributed by atoms with E-state index in [2.05, 4.69) is 22.2 Å². The van der Waals surface area contributed by atoms with E-state index in [1.807, 2.05) is 6.07 Å². The molecule has 0 atom stereocenters. The van der Waals surface area contributed by atoms with Crippen molar-refractivity contribution in [1.82, 2.24) is 9.97 Å². The molecule has 94 valence electrons. The number of anilines is 1. The van der Waals surface area contributed by atoms with Gasteiger partial charge in [-0.15, -0.1) is 0 Å². The first kappa shape index (κ1) is 13.4. The molecule has 0 spiro atoms. The summed E-state index contributed by atoms with van der Waals surface area (Å²) in [6, 6.07) is 1.95. The number of carboxylic acids is 1. The van der Waals surface area contributed by atoms with Crippen LogP contribution in [0.5, 0.6) is 0 Å². The molecule has 2 N–H and O–H groups in total. The standard InChI is InChI=1S/C12H19N3O2/c1-2-5-10-8-11(15-9-14-10)13-7-4-3-6-12(16)17/h8-9H,2-7H2,1H3,(H,16,17)(H,13,14,15). The van der Waals surface area contributed by atoms with Crippen molar-refractivity contribution in [1.29, 1.82) is 0 Å². The van der Waals surface area contributed by atoms with Gasteiger partial charge < -0.3 is 10.4 Å². The second-order valence-corrected chi connectivity index (χ2v) is 3.92. The van der Waals surface area contributed by atoms with Crippen LogP contribution in [-0.2, 0) is 11.2 Å². The lowest BCUT2D eigenvalue weighted by Gasteiger charge is -2.05. The third-order valence-corrected chi connectivity index (χ3v) is 2.35. The quantitative estimate of drug-likeness (QED) is 0.677. The summed E-state index contributed by atoms with van der Waals surface area (Å²) in [7, 11) is 0. The molecule has 1 aromatic heterocycles. The first-order valence-electron chi connectivity index (χ1n) is 5.99. The summed E-state index contributed by atoms with van der Waals surface area (Å²) < 4.78 is 0. The van der Waals surface area contributed by atoms with Crippen molar-refractivity contribution in [3.8, 4) is 0 Å². The first-order valence-corrected chi connectivity index (χ1v) is 5.99. The van der Waals surface area contributed by atoms with E-state index < -0.39 is 5.97 Å². The number of hydrogen-bond acceptors (Lipinski definition) is 4. The predicted octanol–water partition coefficient (Wildman–Crippen LogP) is 2.10. The molecule has 0 bridgehead atoms. The largest absolute Gasteiger partial charge is 0.481 e. The van der Waals surface area contributed by atoms with Crippen LogP contribution in [0.15, 0.2) is 12.4 Å². The van der Waals surface area contributed by atoms with Gasteiger partial charge in [-0.3, -0.25) is 4.79 Å². The molecule has 0 saturated carbocycles. The molecule has 1 heterocycles. The Morgan fingerprint density at radius 1 is 1.41 bits per heavy atom. The van der Waals surface area contributed by atoms with Crippen LogP contribution in [0.4, 0.5) is 5.82 Å². The van der Waals surface area contributed by atoms with Gasteiger partial charge in [0.2, 0.25) is 0 Å². The third kappa shape index (κ3) is 5.85. The normalized spacial score (nSPS) is 10.2. The van der Waals surface area contributed by atoms with Crippen molar-refractivity contribution in [2.24, 2.45) is 0 Å². The van der Waals surface area contributed by atoms with Crippen molar-refractivity contribution in [2.45, 2.75) is 39.0 Å². The topological polar surface area (TPSA) is 75.1 Å². The van der Waals surface area contributed by atoms with Crippen LogP contribution in [-0.4, -0.2) is 27.6 Å². The Morgan fingerprint density at radius 2 is 2.24 bits per heavy atom. The van der Waals surface area contributed by atoms with Crippen LogP contribution in [0.1, 0.15) is 38.3 Å². The number of aliphatic carboxylic acids is 1. The van der Waals surface area contributed by atoms with E-state index in [1.54, 1.807) is 6.33 Å². The lowest BCUT2D eigenvalue weighted by atomic mass is 10.2. The van der Waals surface area contributed by atoms with Crippen LogP contribution in [0.3, 0.4) is 0 Å². The minimum atomic E-state index is -0.739. The van der Waals surface area contributed by atoms with Crippen molar-refractivity contribution < 1.29 is 9.90 Å². The number of carbonyl (C=O) groups is 1. The highest BCUT2D eigenvalue weighted by Gasteiger charge is 1.99. The van der Waals surface area contributed by atoms with Gasteiger partial charge in [0.1, 0.15) is 12.1 Å². The number of rotatable bonds is 8. The zero-order valence-corrected chi connectivity index (χ0v) is 10.1. The maximum Gasteiger partial charge on any atom is 0.303 e. The van der Waals surface area contributed by atoms with Crippen LogP contribution < -0.4 is 5.32 Å². The molecule has 0 amide bonds. The van der Waals surface area contributed by atoms with E-state index in [1.165, 1.54) is 0 Å². The number of unbranched alkanes of at least 4 members (excludes halogenated alkanes) is 1. The number of aromatic nitrogens is 2. The molecule has 5 nitrogen and oxygen atoms in total. The summed E-state index contributed by atoms with van der Waals surface area (Å²) in [5.41, 5.74) is 1.04. The van der Waals surface area contributed by atoms with E-state index in [-0.39, 0.29) is 6.42 Å². The second kappa shape index (κ2) is 7.60. The van der Waals surface area contributed by atoms with Crippen LogP contribution in [0.2, 0.25) is 0 Å². The molecule has 1 aromatic rings. The number of nitrogens with zero attached hydrogens (tertiary/aromatic N) is 2. The maximum atomic E-state index is 10.3. The fraction of sp³-hybridized carbons (Fsp3) is 0.583. The molecule has 17 heavy (non-hydrogen) atoms. The van der Waals surface area contributed by atoms with E-state index >= 15 is 0 Å². The van der Waals surface area contributed by atoms with Crippen LogP contribution in [0.25, 0.3) is 0 Å². The van der Waals surface area contributed by atoms with Gasteiger partial charge in [-0.25, -0.2) is 9.97 Å². The summed E-state index contributed by atoms with van der Waals surface area (Å²) >= 11 is 0. The number of nitrogens with one attached hydrogen (secondary N) is 1. The Hall–Kier alpha value is -1.65. The predicted molar refractivity (Wildman–Crippen MR) is 66.0 cm³/mol. The molecular formula is C12H19N3O2. The average Bonchev–Trinajstić information content (AvgIpc) is 2.29. The second-order valence-electron chi connectivity index (χ2n) is 3.92. The Labute approximate surface area is 101 Å². The molecule has 0 aromatic carbocycles. The van der Waals surface area contributed by atoms with Crippen molar-refractivity contribution in [3.63, 3.8) is 0 Å². The highest BCUT2D eigenvalue weighted by atomic mass is 16.4. The molecule has 0 aliphatic carbocycles. The summed E-state index contributed by atoms with van der Waals surface area (Å²) in [6.07, 6.45) is 5.33. The zero-order valence-electron chi connectivity index (χ0n) is 10.1.